The molecule has 0 aliphatic rings. The van der Waals surface area contributed by atoms with Crippen LogP contribution in [0.4, 0.5) is 5.69 Å². The number of rotatable bonds is 6. The highest BCUT2D eigenvalue weighted by molar-refractivity contribution is 7.94. The molecule has 0 bridgehead atoms. The van der Waals surface area contributed by atoms with Crippen LogP contribution < -0.4 is 10.1 Å². The van der Waals surface area contributed by atoms with Gasteiger partial charge in [0.05, 0.1) is 11.4 Å². The lowest BCUT2D eigenvalue weighted by Gasteiger charge is -2.07. The molecule has 26 heavy (non-hydrogen) atoms. The van der Waals surface area contributed by atoms with E-state index < -0.39 is 10.0 Å². The first-order valence-corrected chi connectivity index (χ1v) is 9.97. The molecule has 3 N–H and O–H groups in total. The summed E-state index contributed by atoms with van der Waals surface area (Å²) in [5.74, 6) is -0.386. The molecule has 0 atom stereocenters. The molecular formula is C17H16N4O3S2. The summed E-state index contributed by atoms with van der Waals surface area (Å²) in [5.41, 5.74) is 4.66. The van der Waals surface area contributed by atoms with E-state index in [-0.39, 0.29) is 10.1 Å². The molecule has 0 saturated heterocycles. The first kappa shape index (κ1) is 17.9. The van der Waals surface area contributed by atoms with Crippen molar-refractivity contribution in [3.05, 3.63) is 71.4 Å². The summed E-state index contributed by atoms with van der Waals surface area (Å²) < 4.78 is 27.0. The number of hydrogen-bond donors (Lipinski definition) is 3. The fraction of sp³-hybridized carbons (Fsp3) is 0.0588. The normalized spacial score (nSPS) is 12.0. The maximum atomic E-state index is 12.2. The van der Waals surface area contributed by atoms with E-state index in [1.807, 2.05) is 12.1 Å². The molecule has 0 unspecified atom stereocenters. The van der Waals surface area contributed by atoms with Crippen molar-refractivity contribution in [3.8, 4) is 0 Å². The fourth-order valence-electron chi connectivity index (χ4n) is 2.13. The lowest BCUT2D eigenvalue weighted by Crippen LogP contribution is -2.19. The summed E-state index contributed by atoms with van der Waals surface area (Å²) >= 11 is 1.13. The van der Waals surface area contributed by atoms with E-state index in [1.54, 1.807) is 24.6 Å². The highest BCUT2D eigenvalue weighted by Crippen LogP contribution is 2.20. The van der Waals surface area contributed by atoms with Crippen molar-refractivity contribution in [1.82, 2.24) is 10.4 Å². The predicted molar refractivity (Wildman–Crippen MR) is 102 cm³/mol. The molecule has 2 aromatic heterocycles. The van der Waals surface area contributed by atoms with E-state index in [0.717, 1.165) is 17.0 Å². The van der Waals surface area contributed by atoms with E-state index in [2.05, 4.69) is 20.2 Å². The summed E-state index contributed by atoms with van der Waals surface area (Å²) in [5, 5.41) is 5.73. The Morgan fingerprint density at radius 2 is 1.88 bits per heavy atom. The first-order valence-electron chi connectivity index (χ1n) is 7.60. The summed E-state index contributed by atoms with van der Waals surface area (Å²) in [7, 11) is -3.61. The van der Waals surface area contributed by atoms with Crippen LogP contribution in [0.1, 0.15) is 23.0 Å². The smallest absolute Gasteiger partial charge is 0.271 e. The number of nitrogens with one attached hydrogen (secondary N) is 3. The van der Waals surface area contributed by atoms with Crippen LogP contribution in [0.25, 0.3) is 0 Å². The van der Waals surface area contributed by atoms with Gasteiger partial charge in [-0.15, -0.1) is 11.3 Å². The Morgan fingerprint density at radius 3 is 2.50 bits per heavy atom. The molecule has 0 radical (unpaired) electrons. The second kappa shape index (κ2) is 7.54. The largest absolute Gasteiger partial charge is 0.360 e. The lowest BCUT2D eigenvalue weighted by molar-refractivity contribution is 0.0955. The van der Waals surface area contributed by atoms with Crippen molar-refractivity contribution in [1.29, 1.82) is 0 Å². The zero-order chi connectivity index (χ0) is 18.6. The Hall–Kier alpha value is -2.91. The van der Waals surface area contributed by atoms with Gasteiger partial charge in [0.2, 0.25) is 0 Å². The number of anilines is 1. The molecule has 0 saturated carbocycles. The summed E-state index contributed by atoms with van der Waals surface area (Å²) in [6.07, 6.45) is 1.77. The molecule has 1 aromatic carbocycles. The predicted octanol–water partition coefficient (Wildman–Crippen LogP) is 3.03. The average Bonchev–Trinajstić information content (AvgIpc) is 3.33. The fourth-order valence-corrected chi connectivity index (χ4v) is 4.18. The van der Waals surface area contributed by atoms with E-state index in [1.165, 1.54) is 30.3 Å². The Morgan fingerprint density at radius 1 is 1.12 bits per heavy atom. The number of nitrogens with zero attached hydrogens (tertiary/aromatic N) is 1. The third-order valence-electron chi connectivity index (χ3n) is 3.47. The number of H-pyrrole nitrogens is 1. The summed E-state index contributed by atoms with van der Waals surface area (Å²) in [4.78, 5) is 15.1. The summed E-state index contributed by atoms with van der Waals surface area (Å²) in [6.45, 7) is 1.77. The number of carbonyl (C=O) groups excluding carboxylic acids is 1. The third-order valence-corrected chi connectivity index (χ3v) is 6.25. The first-order chi connectivity index (χ1) is 12.5. The summed E-state index contributed by atoms with van der Waals surface area (Å²) in [6, 6.07) is 13.0. The van der Waals surface area contributed by atoms with Crippen molar-refractivity contribution in [2.24, 2.45) is 5.10 Å². The van der Waals surface area contributed by atoms with Gasteiger partial charge >= 0.3 is 0 Å². The maximum Gasteiger partial charge on any atom is 0.271 e. The highest BCUT2D eigenvalue weighted by atomic mass is 32.2. The maximum absolute atomic E-state index is 12.2. The number of benzene rings is 1. The molecule has 134 valence electrons. The van der Waals surface area contributed by atoms with Gasteiger partial charge in [0.15, 0.2) is 0 Å². The van der Waals surface area contributed by atoms with Crippen LogP contribution in [-0.2, 0) is 10.0 Å². The van der Waals surface area contributed by atoms with E-state index >= 15 is 0 Å². The molecule has 1 amide bonds. The number of sulfonamides is 1. The Bertz CT molecular complexity index is 1010. The van der Waals surface area contributed by atoms with Crippen LogP contribution >= 0.6 is 11.3 Å². The Kier molecular flexibility index (Phi) is 5.19. The molecule has 0 fully saturated rings. The number of aromatic nitrogens is 1. The van der Waals surface area contributed by atoms with Gasteiger partial charge in [0.25, 0.3) is 15.9 Å². The Balaban J connectivity index is 1.66. The zero-order valence-corrected chi connectivity index (χ0v) is 15.4. The van der Waals surface area contributed by atoms with Gasteiger partial charge in [0, 0.05) is 17.4 Å². The molecule has 7 nitrogen and oxygen atoms in total. The number of thiophene rings is 1. The van der Waals surface area contributed by atoms with Crippen molar-refractivity contribution in [3.63, 3.8) is 0 Å². The minimum absolute atomic E-state index is 0.230. The van der Waals surface area contributed by atoms with Crippen molar-refractivity contribution >= 4 is 38.7 Å². The minimum atomic E-state index is -3.61. The number of aromatic amines is 1. The molecule has 0 aliphatic heterocycles. The van der Waals surface area contributed by atoms with Crippen molar-refractivity contribution in [2.75, 3.05) is 4.72 Å². The lowest BCUT2D eigenvalue weighted by atomic mass is 10.2. The van der Waals surface area contributed by atoms with Crippen LogP contribution in [0.15, 0.2) is 69.4 Å². The molecule has 0 spiro atoms. The van der Waals surface area contributed by atoms with Crippen molar-refractivity contribution < 1.29 is 13.2 Å². The van der Waals surface area contributed by atoms with Gasteiger partial charge in [-0.3, -0.25) is 9.52 Å². The quantitative estimate of drug-likeness (QED) is 0.447. The standard InChI is InChI=1S/C17H16N4O3S2/c1-12(15-4-2-10-18-15)19-20-17(22)13-6-8-14(9-7-13)21-26(23,24)16-5-3-11-25-16/h2-11,18,21H,1H3,(H,20,22)/b19-12+. The highest BCUT2D eigenvalue weighted by Gasteiger charge is 2.15. The molecule has 0 aliphatic carbocycles. The number of amides is 1. The molecule has 2 heterocycles. The van der Waals surface area contributed by atoms with Crippen LogP contribution in [0.2, 0.25) is 0 Å². The number of hydrazone groups is 1. The topological polar surface area (TPSA) is 103 Å². The van der Waals surface area contributed by atoms with E-state index in [0.29, 0.717) is 17.0 Å². The second-order valence-electron chi connectivity index (χ2n) is 5.34. The number of hydrogen-bond acceptors (Lipinski definition) is 5. The molecule has 3 aromatic rings. The van der Waals surface area contributed by atoms with E-state index in [4.69, 9.17) is 0 Å². The van der Waals surface area contributed by atoms with Crippen LogP contribution in [0, 0.1) is 0 Å². The van der Waals surface area contributed by atoms with Crippen LogP contribution in [0.5, 0.6) is 0 Å². The van der Waals surface area contributed by atoms with Gasteiger partial charge in [-0.1, -0.05) is 6.07 Å². The minimum Gasteiger partial charge on any atom is -0.360 e. The SMILES string of the molecule is C/C(=N\NC(=O)c1ccc(NS(=O)(=O)c2cccs2)cc1)c1ccc[nH]1. The average molecular weight is 388 g/mol. The molecule has 3 rings (SSSR count). The van der Waals surface area contributed by atoms with E-state index in [9.17, 15) is 13.2 Å². The monoisotopic (exact) mass is 388 g/mol. The Labute approximate surface area is 154 Å². The second-order valence-corrected chi connectivity index (χ2v) is 8.19. The molecular weight excluding hydrogens is 372 g/mol. The number of carbonyl (C=O) groups is 1. The van der Waals surface area contributed by atoms with Gasteiger partial charge in [-0.25, -0.2) is 13.8 Å². The van der Waals surface area contributed by atoms with Gasteiger partial charge < -0.3 is 4.98 Å². The van der Waals surface area contributed by atoms with Crippen molar-refractivity contribution in [2.45, 2.75) is 11.1 Å². The van der Waals surface area contributed by atoms with Gasteiger partial charge in [-0.05, 0) is 54.8 Å². The van der Waals surface area contributed by atoms with Crippen LogP contribution in [-0.4, -0.2) is 25.0 Å². The third kappa shape index (κ3) is 4.19. The zero-order valence-electron chi connectivity index (χ0n) is 13.8. The van der Waals surface area contributed by atoms with Gasteiger partial charge in [-0.2, -0.15) is 5.10 Å². The van der Waals surface area contributed by atoms with Gasteiger partial charge in [0.1, 0.15) is 4.21 Å². The van der Waals surface area contributed by atoms with Crippen LogP contribution in [0.3, 0.4) is 0 Å². The molecule has 9 heteroatoms.